The maximum absolute atomic E-state index is 10.5. The maximum atomic E-state index is 10.5. The fourth-order valence-electron chi connectivity index (χ4n) is 4.45. The van der Waals surface area contributed by atoms with Crippen molar-refractivity contribution in [3.63, 3.8) is 0 Å². The molecule has 236 valence electrons. The van der Waals surface area contributed by atoms with Gasteiger partial charge in [0.15, 0.2) is 0 Å². The quantitative estimate of drug-likeness (QED) is 0.237. The first-order chi connectivity index (χ1) is 20.3. The number of primary amides is 1. The van der Waals surface area contributed by atoms with E-state index < -0.39 is 0 Å². The van der Waals surface area contributed by atoms with Crippen LogP contribution in [0, 0.1) is 5.92 Å². The maximum Gasteiger partial charge on any atom is 0.217 e. The summed E-state index contributed by atoms with van der Waals surface area (Å²) in [5, 5.41) is 0. The van der Waals surface area contributed by atoms with Crippen molar-refractivity contribution in [2.45, 2.75) is 108 Å². The number of rotatable bonds is 5. The van der Waals surface area contributed by atoms with Crippen molar-refractivity contribution >= 4 is 92.3 Å². The van der Waals surface area contributed by atoms with Crippen LogP contribution in [-0.2, 0) is 16.3 Å². The summed E-state index contributed by atoms with van der Waals surface area (Å²) >= 11 is 0. The number of amides is 1. The number of carbonyl (C=O) groups is 1. The SMILES string of the molecule is C1CCCCCSSCCCC1.C1CCSSC1.NC(=O)CCCCC1CCSSC1.c1ccc2c(c1)CSSC2. The normalized spacial score (nSPS) is 21.8. The minimum atomic E-state index is -0.159. The van der Waals surface area contributed by atoms with Gasteiger partial charge in [0.2, 0.25) is 5.91 Å². The summed E-state index contributed by atoms with van der Waals surface area (Å²) in [5.74, 6) is 11.2. The predicted molar refractivity (Wildman–Crippen MR) is 206 cm³/mol. The molecule has 0 bridgehead atoms. The first-order valence-corrected chi connectivity index (χ1v) is 25.5. The summed E-state index contributed by atoms with van der Waals surface area (Å²) in [6.45, 7) is 0. The minimum Gasteiger partial charge on any atom is -0.370 e. The van der Waals surface area contributed by atoms with Crippen LogP contribution in [0.4, 0.5) is 0 Å². The summed E-state index contributed by atoms with van der Waals surface area (Å²) in [6.07, 6.45) is 20.0. The van der Waals surface area contributed by atoms with Gasteiger partial charge in [-0.1, -0.05) is 156 Å². The summed E-state index contributed by atoms with van der Waals surface area (Å²) in [4.78, 5) is 10.5. The van der Waals surface area contributed by atoms with Gasteiger partial charge in [-0.2, -0.15) is 0 Å². The van der Waals surface area contributed by atoms with Gasteiger partial charge in [0.05, 0.1) is 0 Å². The molecule has 0 aliphatic carbocycles. The van der Waals surface area contributed by atoms with Gasteiger partial charge >= 0.3 is 0 Å². The van der Waals surface area contributed by atoms with E-state index in [9.17, 15) is 4.79 Å². The Morgan fingerprint density at radius 3 is 1.51 bits per heavy atom. The third-order valence-electron chi connectivity index (χ3n) is 6.99. The molecule has 1 aromatic rings. The first kappa shape index (κ1) is 38.7. The van der Waals surface area contributed by atoms with Crippen LogP contribution in [0.5, 0.6) is 0 Å². The van der Waals surface area contributed by atoms with Crippen LogP contribution >= 0.6 is 86.4 Å². The van der Waals surface area contributed by atoms with E-state index in [1.165, 1.54) is 141 Å². The number of benzene rings is 1. The zero-order chi connectivity index (χ0) is 29.1. The second-order valence-corrected chi connectivity index (χ2v) is 21.1. The van der Waals surface area contributed by atoms with Crippen molar-refractivity contribution < 1.29 is 4.79 Å². The Labute approximate surface area is 284 Å². The number of nitrogens with two attached hydrogens (primary N) is 1. The molecule has 1 unspecified atom stereocenters. The Balaban J connectivity index is 0.000000197. The molecule has 1 atom stereocenters. The largest absolute Gasteiger partial charge is 0.370 e. The van der Waals surface area contributed by atoms with Crippen molar-refractivity contribution in [3.8, 4) is 0 Å². The third kappa shape index (κ3) is 23.5. The van der Waals surface area contributed by atoms with Crippen LogP contribution < -0.4 is 5.73 Å². The number of carbonyl (C=O) groups excluding carboxylic acids is 1. The summed E-state index contributed by atoms with van der Waals surface area (Å²) in [5.41, 5.74) is 8.10. The number of fused-ring (bicyclic) bond motifs is 1. The van der Waals surface area contributed by atoms with E-state index >= 15 is 0 Å². The molecule has 1 aromatic carbocycles. The van der Waals surface area contributed by atoms with E-state index in [1.807, 2.05) is 64.8 Å². The smallest absolute Gasteiger partial charge is 0.217 e. The highest BCUT2D eigenvalue weighted by atomic mass is 33.1. The molecule has 4 aliphatic heterocycles. The van der Waals surface area contributed by atoms with Crippen LogP contribution in [0.3, 0.4) is 0 Å². The van der Waals surface area contributed by atoms with E-state index in [0.717, 1.165) is 12.3 Å². The molecule has 4 aliphatic rings. The molecule has 1 amide bonds. The summed E-state index contributed by atoms with van der Waals surface area (Å²) in [7, 11) is 16.1. The molecule has 10 heteroatoms. The van der Waals surface area contributed by atoms with E-state index in [0.29, 0.717) is 6.42 Å². The fourth-order valence-corrected chi connectivity index (χ4v) is 14.0. The van der Waals surface area contributed by atoms with Crippen molar-refractivity contribution in [3.05, 3.63) is 35.4 Å². The number of hydrogen-bond donors (Lipinski definition) is 1. The fraction of sp³-hybridized carbons (Fsp3) is 0.774. The van der Waals surface area contributed by atoms with E-state index in [1.54, 1.807) is 0 Å². The molecule has 3 fully saturated rings. The Morgan fingerprint density at radius 1 is 0.610 bits per heavy atom. The monoisotopic (exact) mass is 711 g/mol. The van der Waals surface area contributed by atoms with Crippen molar-refractivity contribution in [1.82, 2.24) is 0 Å². The number of hydrogen-bond acceptors (Lipinski definition) is 9. The van der Waals surface area contributed by atoms with Gasteiger partial charge in [-0.3, -0.25) is 4.79 Å². The molecule has 0 radical (unpaired) electrons. The average Bonchev–Trinajstić information content (AvgIpc) is 3.02. The second-order valence-electron chi connectivity index (χ2n) is 10.6. The highest BCUT2D eigenvalue weighted by Crippen LogP contribution is 2.36. The van der Waals surface area contributed by atoms with Crippen LogP contribution in [0.2, 0.25) is 0 Å². The van der Waals surface area contributed by atoms with Crippen LogP contribution in [0.15, 0.2) is 24.3 Å². The van der Waals surface area contributed by atoms with Crippen molar-refractivity contribution in [2.24, 2.45) is 11.7 Å². The predicted octanol–water partition coefficient (Wildman–Crippen LogP) is 12.2. The lowest BCUT2D eigenvalue weighted by molar-refractivity contribution is -0.118. The highest BCUT2D eigenvalue weighted by Gasteiger charge is 2.13. The van der Waals surface area contributed by atoms with E-state index in [-0.39, 0.29) is 5.91 Å². The van der Waals surface area contributed by atoms with Crippen LogP contribution in [0.1, 0.15) is 107 Å². The van der Waals surface area contributed by atoms with Crippen molar-refractivity contribution in [1.29, 1.82) is 0 Å². The first-order valence-electron chi connectivity index (χ1n) is 15.6. The second kappa shape index (κ2) is 28.9. The Morgan fingerprint density at radius 2 is 1.07 bits per heavy atom. The highest BCUT2D eigenvalue weighted by molar-refractivity contribution is 8.77. The standard InChI is InChI=1S/C10H20S2.C9H17NOS2.C8H8S2.C4H8S2/c1-2-4-6-8-10-12-11-9-7-5-3-1;10-9(11)4-2-1-3-8-5-6-12-13-7-8;1-2-4-8-6-10-9-5-7(8)3-1;1-2-4-6-5-3-1/h1-10H2;8H,1-7H2,(H2,10,11);1-4H,5-6H2;1-4H2. The molecule has 0 aromatic heterocycles. The Kier molecular flexibility index (Phi) is 27.3. The molecule has 2 nitrogen and oxygen atoms in total. The Bertz CT molecular complexity index is 667. The third-order valence-corrected chi connectivity index (χ3v) is 17.0. The zero-order valence-electron chi connectivity index (χ0n) is 24.9. The van der Waals surface area contributed by atoms with Gasteiger partial charge in [-0.25, -0.2) is 0 Å². The lowest BCUT2D eigenvalue weighted by Gasteiger charge is -2.19. The van der Waals surface area contributed by atoms with Gasteiger partial charge in [0.25, 0.3) is 0 Å². The van der Waals surface area contributed by atoms with E-state index in [2.05, 4.69) is 45.9 Å². The molecule has 0 saturated carbocycles. The Hall–Kier alpha value is 1.49. The van der Waals surface area contributed by atoms with Gasteiger partial charge in [0.1, 0.15) is 0 Å². The summed E-state index contributed by atoms with van der Waals surface area (Å²) in [6, 6.07) is 8.69. The lowest BCUT2D eigenvalue weighted by Crippen LogP contribution is -2.11. The molecular weight excluding hydrogens is 659 g/mol. The minimum absolute atomic E-state index is 0.159. The molecule has 2 N–H and O–H groups in total. The molecular formula is C31H53NOS8. The molecule has 3 saturated heterocycles. The summed E-state index contributed by atoms with van der Waals surface area (Å²) < 4.78 is 0. The molecule has 5 rings (SSSR count). The average molecular weight is 712 g/mol. The van der Waals surface area contributed by atoms with Gasteiger partial charge in [-0.15, -0.1) is 0 Å². The molecule has 4 heterocycles. The van der Waals surface area contributed by atoms with E-state index in [4.69, 9.17) is 5.73 Å². The molecule has 41 heavy (non-hydrogen) atoms. The van der Waals surface area contributed by atoms with Gasteiger partial charge in [-0.05, 0) is 62.0 Å². The number of unbranched alkanes of at least 4 members (excludes halogenated alkanes) is 1. The van der Waals surface area contributed by atoms with Crippen LogP contribution in [0.25, 0.3) is 0 Å². The zero-order valence-corrected chi connectivity index (χ0v) is 31.4. The topological polar surface area (TPSA) is 43.1 Å². The van der Waals surface area contributed by atoms with Gasteiger partial charge in [0, 0.05) is 52.4 Å². The van der Waals surface area contributed by atoms with Gasteiger partial charge < -0.3 is 5.73 Å². The van der Waals surface area contributed by atoms with Crippen molar-refractivity contribution in [2.75, 3.05) is 34.5 Å². The molecule has 0 spiro atoms. The van der Waals surface area contributed by atoms with Crippen LogP contribution in [-0.4, -0.2) is 40.4 Å². The lowest BCUT2D eigenvalue weighted by atomic mass is 10.0.